The molecule has 3 aromatic rings. The maximum Gasteiger partial charge on any atom is 0.243 e. The predicted molar refractivity (Wildman–Crippen MR) is 176 cm³/mol. The van der Waals surface area contributed by atoms with E-state index in [4.69, 9.17) is 4.74 Å². The van der Waals surface area contributed by atoms with Crippen LogP contribution in [0.15, 0.2) is 83.3 Å². The molecule has 3 rings (SSSR count). The van der Waals surface area contributed by atoms with E-state index in [1.807, 2.05) is 82.3 Å². The first-order valence-corrected chi connectivity index (χ1v) is 17.0. The average molecular weight is 673 g/mol. The molecule has 0 fully saturated rings. The normalized spacial score (nSPS) is 12.3. The van der Waals surface area contributed by atoms with Gasteiger partial charge in [0.25, 0.3) is 0 Å². The molecule has 10 heteroatoms. The highest BCUT2D eigenvalue weighted by atomic mass is 79.9. The number of nitrogens with one attached hydrogen (secondary N) is 1. The Hall–Kier alpha value is -3.37. The van der Waals surface area contributed by atoms with Crippen molar-refractivity contribution in [2.45, 2.75) is 65.1 Å². The fraction of sp³-hybridized carbons (Fsp3) is 0.394. The lowest BCUT2D eigenvalue weighted by atomic mass is 10.00. The van der Waals surface area contributed by atoms with E-state index in [9.17, 15) is 18.0 Å². The molecule has 0 aliphatic heterocycles. The monoisotopic (exact) mass is 671 g/mol. The van der Waals surface area contributed by atoms with Crippen LogP contribution in [0.2, 0.25) is 0 Å². The predicted octanol–water partition coefficient (Wildman–Crippen LogP) is 5.95. The fourth-order valence-corrected chi connectivity index (χ4v) is 5.95. The van der Waals surface area contributed by atoms with Crippen LogP contribution in [-0.4, -0.2) is 56.1 Å². The van der Waals surface area contributed by atoms with E-state index in [0.717, 1.165) is 21.9 Å². The summed E-state index contributed by atoms with van der Waals surface area (Å²) in [6.45, 7) is 8.25. The summed E-state index contributed by atoms with van der Waals surface area (Å²) in [6, 6.07) is 23.4. The Balaban J connectivity index is 1.91. The first kappa shape index (κ1) is 34.1. The van der Waals surface area contributed by atoms with Crippen LogP contribution in [0.25, 0.3) is 0 Å². The number of ether oxygens (including phenoxy) is 1. The first-order valence-electron chi connectivity index (χ1n) is 14.4. The Morgan fingerprint density at radius 1 is 0.930 bits per heavy atom. The smallest absolute Gasteiger partial charge is 0.243 e. The summed E-state index contributed by atoms with van der Waals surface area (Å²) in [5.41, 5.74) is 1.74. The number of rotatable bonds is 14. The maximum atomic E-state index is 14.0. The highest BCUT2D eigenvalue weighted by Gasteiger charge is 2.32. The van der Waals surface area contributed by atoms with Crippen LogP contribution in [0.1, 0.15) is 51.7 Å². The summed E-state index contributed by atoms with van der Waals surface area (Å²) in [5, 5.41) is 3.06. The molecular formula is C33H42BrN3O5S. The SMILES string of the molecule is CCOc1ccccc1N(CCCC(=O)N(Cc1ccc(Br)cc1)C(Cc1ccccc1)C(=O)NC(C)(C)C)S(C)(=O)=O. The third kappa shape index (κ3) is 10.7. The third-order valence-corrected chi connectivity index (χ3v) is 8.33. The Kier molecular flexibility index (Phi) is 12.2. The van der Waals surface area contributed by atoms with Gasteiger partial charge in [-0.2, -0.15) is 0 Å². The van der Waals surface area contributed by atoms with Crippen LogP contribution >= 0.6 is 15.9 Å². The van der Waals surface area contributed by atoms with Crippen molar-refractivity contribution in [3.63, 3.8) is 0 Å². The minimum absolute atomic E-state index is 0.0490. The largest absolute Gasteiger partial charge is 0.492 e. The standard InChI is InChI=1S/C33H42BrN3O5S/c1-6-42-30-16-11-10-15-28(30)37(43(5,40)41)22-12-17-31(38)36(24-26-18-20-27(34)21-19-26)29(32(39)35-33(2,3)4)23-25-13-8-7-9-14-25/h7-11,13-16,18-21,29H,6,12,17,22-24H2,1-5H3,(H,35,39). The zero-order chi connectivity index (χ0) is 31.6. The van der Waals surface area contributed by atoms with Gasteiger partial charge in [0.1, 0.15) is 11.8 Å². The van der Waals surface area contributed by atoms with Crippen molar-refractivity contribution in [2.75, 3.05) is 23.7 Å². The Morgan fingerprint density at radius 3 is 2.16 bits per heavy atom. The van der Waals surface area contributed by atoms with Gasteiger partial charge in [0.15, 0.2) is 0 Å². The van der Waals surface area contributed by atoms with Gasteiger partial charge in [-0.25, -0.2) is 8.42 Å². The molecule has 3 aromatic carbocycles. The number of benzene rings is 3. The average Bonchev–Trinajstić information content (AvgIpc) is 2.93. The molecule has 1 N–H and O–H groups in total. The number of carbonyl (C=O) groups excluding carboxylic acids is 2. The van der Waals surface area contributed by atoms with E-state index in [1.54, 1.807) is 29.2 Å². The molecule has 1 unspecified atom stereocenters. The maximum absolute atomic E-state index is 14.0. The van der Waals surface area contributed by atoms with Crippen molar-refractivity contribution in [1.82, 2.24) is 10.2 Å². The van der Waals surface area contributed by atoms with Crippen molar-refractivity contribution in [3.8, 4) is 5.75 Å². The zero-order valence-corrected chi connectivity index (χ0v) is 27.9. The van der Waals surface area contributed by atoms with Gasteiger partial charge in [0, 0.05) is 35.9 Å². The molecule has 0 aliphatic carbocycles. The van der Waals surface area contributed by atoms with Crippen LogP contribution in [0.5, 0.6) is 5.75 Å². The van der Waals surface area contributed by atoms with E-state index in [-0.39, 0.29) is 37.7 Å². The van der Waals surface area contributed by atoms with Crippen LogP contribution in [0.4, 0.5) is 5.69 Å². The number of halogens is 1. The molecular weight excluding hydrogens is 630 g/mol. The van der Waals surface area contributed by atoms with E-state index >= 15 is 0 Å². The number of anilines is 1. The van der Waals surface area contributed by atoms with E-state index in [2.05, 4.69) is 21.2 Å². The first-order chi connectivity index (χ1) is 20.3. The minimum atomic E-state index is -3.66. The Bertz CT molecular complexity index is 1460. The lowest BCUT2D eigenvalue weighted by Crippen LogP contribution is -2.54. The van der Waals surface area contributed by atoms with Gasteiger partial charge in [-0.05, 0) is 69.5 Å². The molecule has 0 saturated carbocycles. The lowest BCUT2D eigenvalue weighted by Gasteiger charge is -2.34. The van der Waals surface area contributed by atoms with Crippen molar-refractivity contribution in [1.29, 1.82) is 0 Å². The number of amides is 2. The van der Waals surface area contributed by atoms with Crippen molar-refractivity contribution in [2.24, 2.45) is 0 Å². The zero-order valence-electron chi connectivity index (χ0n) is 25.5. The van der Waals surface area contributed by atoms with Crippen molar-refractivity contribution in [3.05, 3.63) is 94.5 Å². The van der Waals surface area contributed by atoms with Gasteiger partial charge < -0.3 is 15.0 Å². The number of hydrogen-bond donors (Lipinski definition) is 1. The van der Waals surface area contributed by atoms with Crippen LogP contribution in [-0.2, 0) is 32.6 Å². The summed E-state index contributed by atoms with van der Waals surface area (Å²) < 4.78 is 33.5. The second-order valence-corrected chi connectivity index (χ2v) is 14.3. The van der Waals surface area contributed by atoms with Gasteiger partial charge in [-0.3, -0.25) is 13.9 Å². The fourth-order valence-electron chi connectivity index (χ4n) is 4.72. The number of hydrogen-bond acceptors (Lipinski definition) is 5. The molecule has 0 aromatic heterocycles. The quantitative estimate of drug-likeness (QED) is 0.229. The van der Waals surface area contributed by atoms with Gasteiger partial charge >= 0.3 is 0 Å². The molecule has 0 heterocycles. The molecule has 232 valence electrons. The van der Waals surface area contributed by atoms with Crippen LogP contribution < -0.4 is 14.4 Å². The molecule has 43 heavy (non-hydrogen) atoms. The highest BCUT2D eigenvalue weighted by Crippen LogP contribution is 2.30. The topological polar surface area (TPSA) is 96.0 Å². The number of para-hydroxylation sites is 2. The lowest BCUT2D eigenvalue weighted by molar-refractivity contribution is -0.142. The molecule has 0 bridgehead atoms. The summed E-state index contributed by atoms with van der Waals surface area (Å²) >= 11 is 3.46. The second kappa shape index (κ2) is 15.4. The summed E-state index contributed by atoms with van der Waals surface area (Å²) in [5.74, 6) is -0.0231. The van der Waals surface area contributed by atoms with E-state index < -0.39 is 21.6 Å². The molecule has 0 aliphatic rings. The second-order valence-electron chi connectivity index (χ2n) is 11.4. The number of carbonyl (C=O) groups is 2. The number of sulfonamides is 1. The molecule has 1 atom stereocenters. The summed E-state index contributed by atoms with van der Waals surface area (Å²) in [6.07, 6.45) is 1.78. The van der Waals surface area contributed by atoms with Gasteiger partial charge in [0.2, 0.25) is 21.8 Å². The van der Waals surface area contributed by atoms with Gasteiger partial charge in [-0.1, -0.05) is 70.5 Å². The van der Waals surface area contributed by atoms with E-state index in [1.165, 1.54) is 4.31 Å². The van der Waals surface area contributed by atoms with Crippen LogP contribution in [0.3, 0.4) is 0 Å². The van der Waals surface area contributed by atoms with Crippen LogP contribution in [0, 0.1) is 0 Å². The van der Waals surface area contributed by atoms with Crippen molar-refractivity contribution >= 4 is 43.5 Å². The highest BCUT2D eigenvalue weighted by molar-refractivity contribution is 9.10. The summed E-state index contributed by atoms with van der Waals surface area (Å²) in [4.78, 5) is 29.4. The van der Waals surface area contributed by atoms with E-state index in [0.29, 0.717) is 24.5 Å². The van der Waals surface area contributed by atoms with Gasteiger partial charge in [0.05, 0.1) is 18.6 Å². The Morgan fingerprint density at radius 2 is 1.56 bits per heavy atom. The van der Waals surface area contributed by atoms with Gasteiger partial charge in [-0.15, -0.1) is 0 Å². The molecule has 8 nitrogen and oxygen atoms in total. The third-order valence-electron chi connectivity index (χ3n) is 6.62. The molecule has 0 saturated heterocycles. The molecule has 2 amide bonds. The molecule has 0 radical (unpaired) electrons. The summed E-state index contributed by atoms with van der Waals surface area (Å²) in [7, 11) is -3.66. The molecule has 0 spiro atoms. The Labute approximate surface area is 264 Å². The minimum Gasteiger partial charge on any atom is -0.492 e. The number of nitrogens with zero attached hydrogens (tertiary/aromatic N) is 2. The van der Waals surface area contributed by atoms with Crippen molar-refractivity contribution < 1.29 is 22.7 Å².